The highest BCUT2D eigenvalue weighted by Crippen LogP contribution is 2.29. The van der Waals surface area contributed by atoms with Crippen molar-refractivity contribution in [1.82, 2.24) is 19.7 Å². The van der Waals surface area contributed by atoms with Crippen molar-refractivity contribution in [2.75, 3.05) is 40.3 Å². The Hall–Kier alpha value is -2.56. The number of nitrogens with one attached hydrogen (secondary N) is 1. The molecule has 10 heteroatoms. The average molecular weight is 465 g/mol. The van der Waals surface area contributed by atoms with Gasteiger partial charge in [-0.05, 0) is 52.1 Å². The van der Waals surface area contributed by atoms with E-state index < -0.39 is 15.8 Å². The van der Waals surface area contributed by atoms with Crippen molar-refractivity contribution in [3.63, 3.8) is 0 Å². The van der Waals surface area contributed by atoms with Gasteiger partial charge in [0.15, 0.2) is 10.7 Å². The topological polar surface area (TPSA) is 95.8 Å². The summed E-state index contributed by atoms with van der Waals surface area (Å²) in [6.45, 7) is 3.32. The van der Waals surface area contributed by atoms with Crippen LogP contribution in [0.2, 0.25) is 0 Å². The van der Waals surface area contributed by atoms with Crippen LogP contribution in [0.25, 0.3) is 12.2 Å². The van der Waals surface area contributed by atoms with Crippen molar-refractivity contribution in [1.29, 1.82) is 0 Å². The molecule has 1 aliphatic heterocycles. The second-order valence-electron chi connectivity index (χ2n) is 8.09. The maximum Gasteiger partial charge on any atom is 0.248 e. The highest BCUT2D eigenvalue weighted by Gasteiger charge is 2.35. The van der Waals surface area contributed by atoms with Gasteiger partial charge in [-0.15, -0.1) is 0 Å². The fraction of sp³-hybridized carbons (Fsp3) is 0.455. The van der Waals surface area contributed by atoms with Gasteiger partial charge in [0.2, 0.25) is 15.9 Å². The summed E-state index contributed by atoms with van der Waals surface area (Å²) in [7, 11) is -0.0130. The highest BCUT2D eigenvalue weighted by atomic mass is 32.2. The first-order valence-corrected chi connectivity index (χ1v) is 12.0. The number of amides is 1. The van der Waals surface area contributed by atoms with Crippen LogP contribution in [0.4, 0.5) is 4.39 Å². The molecule has 0 atom stereocenters. The summed E-state index contributed by atoms with van der Waals surface area (Å²) >= 11 is 0. The molecule has 1 N–H and O–H groups in total. The summed E-state index contributed by atoms with van der Waals surface area (Å²) in [4.78, 5) is 14.3. The molecule has 0 bridgehead atoms. The monoisotopic (exact) mass is 464 g/mol. The number of piperidine rings is 1. The molecule has 2 aromatic rings. The summed E-state index contributed by atoms with van der Waals surface area (Å²) in [5.41, 5.74) is 0.549. The molecule has 1 fully saturated rings. The molecule has 8 nitrogen and oxygen atoms in total. The molecule has 1 aromatic carbocycles. The molecule has 1 aliphatic rings. The number of carbonyl (C=O) groups excluding carboxylic acids is 1. The van der Waals surface area contributed by atoms with E-state index in [-0.39, 0.29) is 41.3 Å². The van der Waals surface area contributed by atoms with E-state index in [0.717, 1.165) is 6.54 Å². The molecule has 0 radical (unpaired) electrons. The molecule has 32 heavy (non-hydrogen) atoms. The van der Waals surface area contributed by atoms with E-state index in [1.807, 2.05) is 19.0 Å². The number of hydrogen-bond acceptors (Lipinski definition) is 6. The van der Waals surface area contributed by atoms with E-state index >= 15 is 0 Å². The van der Waals surface area contributed by atoms with Crippen molar-refractivity contribution in [2.45, 2.75) is 24.7 Å². The lowest BCUT2D eigenvalue weighted by molar-refractivity contribution is -0.126. The number of aromatic nitrogens is 1. The van der Waals surface area contributed by atoms with Gasteiger partial charge in [0.1, 0.15) is 11.5 Å². The normalized spacial score (nSPS) is 16.2. The highest BCUT2D eigenvalue weighted by molar-refractivity contribution is 7.89. The Kier molecular flexibility index (Phi) is 7.81. The zero-order chi connectivity index (χ0) is 23.3. The van der Waals surface area contributed by atoms with E-state index in [0.29, 0.717) is 24.9 Å². The molecule has 0 saturated carbocycles. The van der Waals surface area contributed by atoms with Crippen LogP contribution in [0.5, 0.6) is 0 Å². The van der Waals surface area contributed by atoms with Crippen LogP contribution in [0.3, 0.4) is 0 Å². The fourth-order valence-electron chi connectivity index (χ4n) is 3.61. The first-order valence-electron chi connectivity index (χ1n) is 10.5. The van der Waals surface area contributed by atoms with Gasteiger partial charge in [0.25, 0.3) is 0 Å². The Labute approximate surface area is 188 Å². The summed E-state index contributed by atoms with van der Waals surface area (Å²) in [6.07, 6.45) is 3.75. The second kappa shape index (κ2) is 10.4. The van der Waals surface area contributed by atoms with Gasteiger partial charge in [0, 0.05) is 37.7 Å². The van der Waals surface area contributed by atoms with Crippen LogP contribution >= 0.6 is 0 Å². The third-order valence-electron chi connectivity index (χ3n) is 5.43. The molecule has 0 spiro atoms. The quantitative estimate of drug-likeness (QED) is 0.645. The predicted octanol–water partition coefficient (Wildman–Crippen LogP) is 2.37. The van der Waals surface area contributed by atoms with E-state index in [4.69, 9.17) is 4.52 Å². The van der Waals surface area contributed by atoms with E-state index in [1.54, 1.807) is 25.1 Å². The van der Waals surface area contributed by atoms with Crippen LogP contribution in [-0.2, 0) is 14.8 Å². The predicted molar refractivity (Wildman–Crippen MR) is 120 cm³/mol. The number of aryl methyl sites for hydroxylation is 1. The summed E-state index contributed by atoms with van der Waals surface area (Å²) in [5.74, 6) is -0.629. The van der Waals surface area contributed by atoms with Crippen molar-refractivity contribution < 1.29 is 22.1 Å². The van der Waals surface area contributed by atoms with Gasteiger partial charge in [0.05, 0.1) is 0 Å². The van der Waals surface area contributed by atoms with Gasteiger partial charge >= 0.3 is 0 Å². The molecule has 1 saturated heterocycles. The van der Waals surface area contributed by atoms with Crippen LogP contribution in [0.1, 0.15) is 29.9 Å². The summed E-state index contributed by atoms with van der Waals surface area (Å²) in [6, 6.07) is 6.17. The standard InChI is InChI=1S/C22H29FN4O4S/c1-16-21(20(31-25-16)9-8-17-6-4-5-7-19(17)23)32(29,30)27-13-10-18(11-14-27)22(28)24-12-15-26(2)3/h4-9,18H,10-15H2,1-3H3,(H,24,28). The molecular formula is C22H29FN4O4S. The largest absolute Gasteiger partial charge is 0.355 e. The Morgan fingerprint density at radius 1 is 1.28 bits per heavy atom. The van der Waals surface area contributed by atoms with Crippen LogP contribution in [0, 0.1) is 18.7 Å². The van der Waals surface area contributed by atoms with Gasteiger partial charge in [-0.25, -0.2) is 12.8 Å². The zero-order valence-electron chi connectivity index (χ0n) is 18.5. The lowest BCUT2D eigenvalue weighted by Gasteiger charge is -2.30. The molecule has 0 aliphatic carbocycles. The molecule has 1 aromatic heterocycles. The first-order chi connectivity index (χ1) is 15.2. The van der Waals surface area contributed by atoms with E-state index in [2.05, 4.69) is 10.5 Å². The fourth-order valence-corrected chi connectivity index (χ4v) is 5.33. The summed E-state index contributed by atoms with van der Waals surface area (Å²) < 4.78 is 47.1. The Morgan fingerprint density at radius 3 is 2.62 bits per heavy atom. The number of likely N-dealkylation sites (N-methyl/N-ethyl adjacent to an activating group) is 1. The lowest BCUT2D eigenvalue weighted by Crippen LogP contribution is -2.44. The Bertz CT molecular complexity index is 1070. The minimum absolute atomic E-state index is 0.0287. The van der Waals surface area contributed by atoms with E-state index in [1.165, 1.54) is 22.5 Å². The smallest absolute Gasteiger partial charge is 0.248 e. The van der Waals surface area contributed by atoms with Crippen LogP contribution < -0.4 is 5.32 Å². The van der Waals surface area contributed by atoms with Crippen molar-refractivity contribution in [3.05, 3.63) is 47.1 Å². The third kappa shape index (κ3) is 5.62. The minimum atomic E-state index is -3.88. The Balaban J connectivity index is 1.70. The van der Waals surface area contributed by atoms with Crippen LogP contribution in [0.15, 0.2) is 33.7 Å². The third-order valence-corrected chi connectivity index (χ3v) is 7.49. The minimum Gasteiger partial charge on any atom is -0.355 e. The maximum atomic E-state index is 13.9. The first kappa shape index (κ1) is 24.1. The maximum absolute atomic E-state index is 13.9. The number of nitrogens with zero attached hydrogens (tertiary/aromatic N) is 3. The second-order valence-corrected chi connectivity index (χ2v) is 9.96. The van der Waals surface area contributed by atoms with Crippen molar-refractivity contribution >= 4 is 28.1 Å². The van der Waals surface area contributed by atoms with Gasteiger partial charge in [-0.3, -0.25) is 4.79 Å². The number of carbonyl (C=O) groups is 1. The SMILES string of the molecule is Cc1noc(C=Cc2ccccc2F)c1S(=O)(=O)N1CCC(C(=O)NCCN(C)C)CC1. The molecule has 0 unspecified atom stereocenters. The number of sulfonamides is 1. The molecule has 174 valence electrons. The summed E-state index contributed by atoms with van der Waals surface area (Å²) in [5, 5.41) is 6.72. The van der Waals surface area contributed by atoms with E-state index in [9.17, 15) is 17.6 Å². The van der Waals surface area contributed by atoms with Gasteiger partial charge in [-0.1, -0.05) is 23.4 Å². The van der Waals surface area contributed by atoms with Gasteiger partial charge in [-0.2, -0.15) is 4.31 Å². The number of halogens is 1. The van der Waals surface area contributed by atoms with Gasteiger partial charge < -0.3 is 14.7 Å². The van der Waals surface area contributed by atoms with Crippen LogP contribution in [-0.4, -0.2) is 69.0 Å². The molecule has 2 heterocycles. The number of hydrogen-bond donors (Lipinski definition) is 1. The van der Waals surface area contributed by atoms with Crippen molar-refractivity contribution in [2.24, 2.45) is 5.92 Å². The molecular weight excluding hydrogens is 435 g/mol. The molecule has 1 amide bonds. The number of rotatable bonds is 8. The molecule has 3 rings (SSSR count). The average Bonchev–Trinajstić information content (AvgIpc) is 3.14. The lowest BCUT2D eigenvalue weighted by atomic mass is 9.97. The van der Waals surface area contributed by atoms with Crippen molar-refractivity contribution in [3.8, 4) is 0 Å². The zero-order valence-corrected chi connectivity index (χ0v) is 19.4. The number of benzene rings is 1. The Morgan fingerprint density at radius 2 is 1.97 bits per heavy atom.